The number of aromatic nitrogens is 1. The minimum Gasteiger partial charge on any atom is -0.494 e. The molecule has 0 atom stereocenters. The van der Waals surface area contributed by atoms with Crippen LogP contribution in [0.25, 0.3) is 0 Å². The molecular formula is C21H23N3O4S2. The quantitative estimate of drug-likeness (QED) is 0.453. The number of hydrogen-bond acceptors (Lipinski definition) is 6. The largest absolute Gasteiger partial charge is 0.494 e. The van der Waals surface area contributed by atoms with Gasteiger partial charge >= 0.3 is 0 Å². The zero-order valence-electron chi connectivity index (χ0n) is 16.5. The third-order valence-corrected chi connectivity index (χ3v) is 6.42. The number of nitrogens with zero attached hydrogens (tertiary/aromatic N) is 1. The van der Waals surface area contributed by atoms with E-state index in [0.29, 0.717) is 30.3 Å². The zero-order valence-corrected chi connectivity index (χ0v) is 18.1. The van der Waals surface area contributed by atoms with E-state index < -0.39 is 10.0 Å². The van der Waals surface area contributed by atoms with Crippen molar-refractivity contribution < 1.29 is 17.9 Å². The van der Waals surface area contributed by atoms with Crippen molar-refractivity contribution in [2.75, 3.05) is 16.6 Å². The Morgan fingerprint density at radius 1 is 1.10 bits per heavy atom. The van der Waals surface area contributed by atoms with E-state index in [9.17, 15) is 13.2 Å². The van der Waals surface area contributed by atoms with E-state index in [1.54, 1.807) is 17.5 Å². The van der Waals surface area contributed by atoms with Crippen LogP contribution in [0.3, 0.4) is 0 Å². The first-order chi connectivity index (χ1) is 14.5. The first-order valence-electron chi connectivity index (χ1n) is 9.50. The normalized spacial score (nSPS) is 11.1. The molecule has 0 unspecified atom stereocenters. The van der Waals surface area contributed by atoms with Crippen LogP contribution in [-0.4, -0.2) is 25.9 Å². The van der Waals surface area contributed by atoms with Gasteiger partial charge < -0.3 is 10.1 Å². The Morgan fingerprint density at radius 3 is 2.47 bits per heavy atom. The summed E-state index contributed by atoms with van der Waals surface area (Å²) in [6, 6.07) is 13.9. The van der Waals surface area contributed by atoms with Crippen LogP contribution in [0.2, 0.25) is 0 Å². The van der Waals surface area contributed by atoms with Gasteiger partial charge in [-0.3, -0.25) is 9.52 Å². The van der Waals surface area contributed by atoms with Crippen molar-refractivity contribution >= 4 is 38.1 Å². The maximum absolute atomic E-state index is 12.3. The van der Waals surface area contributed by atoms with E-state index in [2.05, 4.69) is 21.9 Å². The standard InChI is InChI=1S/C21H23N3O4S2/c1-2-16-5-9-18(10-6-16)28-14-3-4-20(25)23-17-7-11-19(12-8-17)30(26,27)24-21-22-13-15-29-21/h5-13,15H,2-4,14H2,1H3,(H,22,24)(H,23,25). The minimum absolute atomic E-state index is 0.0955. The highest BCUT2D eigenvalue weighted by atomic mass is 32.2. The Labute approximate surface area is 180 Å². The van der Waals surface area contributed by atoms with Gasteiger partial charge in [-0.25, -0.2) is 13.4 Å². The lowest BCUT2D eigenvalue weighted by Gasteiger charge is -2.09. The molecule has 1 aromatic heterocycles. The fourth-order valence-corrected chi connectivity index (χ4v) is 4.42. The first kappa shape index (κ1) is 21.8. The van der Waals surface area contributed by atoms with Crippen LogP contribution in [-0.2, 0) is 21.2 Å². The Morgan fingerprint density at radius 2 is 1.83 bits per heavy atom. The van der Waals surface area contributed by atoms with Gasteiger partial charge in [-0.1, -0.05) is 19.1 Å². The Bertz CT molecular complexity index is 1050. The van der Waals surface area contributed by atoms with E-state index >= 15 is 0 Å². The van der Waals surface area contributed by atoms with Crippen molar-refractivity contribution in [2.45, 2.75) is 31.1 Å². The third-order valence-electron chi connectivity index (χ3n) is 4.25. The van der Waals surface area contributed by atoms with E-state index in [-0.39, 0.29) is 10.8 Å². The summed E-state index contributed by atoms with van der Waals surface area (Å²) in [5.41, 5.74) is 1.78. The molecule has 0 saturated heterocycles. The molecule has 1 amide bonds. The molecule has 2 aromatic carbocycles. The lowest BCUT2D eigenvalue weighted by atomic mass is 10.2. The molecule has 0 aliphatic rings. The second-order valence-electron chi connectivity index (χ2n) is 6.46. The van der Waals surface area contributed by atoms with Crippen LogP contribution >= 0.6 is 11.3 Å². The highest BCUT2D eigenvalue weighted by Crippen LogP contribution is 2.20. The first-order valence-corrected chi connectivity index (χ1v) is 11.9. The van der Waals surface area contributed by atoms with Gasteiger partial charge in [0.2, 0.25) is 5.91 Å². The van der Waals surface area contributed by atoms with E-state index in [1.165, 1.54) is 35.2 Å². The summed E-state index contributed by atoms with van der Waals surface area (Å²) in [6.07, 6.45) is 3.38. The summed E-state index contributed by atoms with van der Waals surface area (Å²) in [5.74, 6) is 0.632. The molecule has 1 heterocycles. The Hall–Kier alpha value is -2.91. The second-order valence-corrected chi connectivity index (χ2v) is 9.04. The highest BCUT2D eigenvalue weighted by molar-refractivity contribution is 7.93. The molecule has 0 aliphatic heterocycles. The van der Waals surface area contributed by atoms with Crippen LogP contribution in [0.1, 0.15) is 25.3 Å². The van der Waals surface area contributed by atoms with Crippen LogP contribution in [0.4, 0.5) is 10.8 Å². The van der Waals surface area contributed by atoms with Crippen molar-refractivity contribution in [3.05, 3.63) is 65.7 Å². The number of amides is 1. The number of carbonyl (C=O) groups excluding carboxylic acids is 1. The SMILES string of the molecule is CCc1ccc(OCCCC(=O)Nc2ccc(S(=O)(=O)Nc3nccs3)cc2)cc1. The van der Waals surface area contributed by atoms with Crippen molar-refractivity contribution in [2.24, 2.45) is 0 Å². The molecule has 9 heteroatoms. The number of nitrogens with one attached hydrogen (secondary N) is 2. The molecule has 0 spiro atoms. The maximum atomic E-state index is 12.3. The van der Waals surface area contributed by atoms with Gasteiger partial charge in [-0.05, 0) is 54.8 Å². The van der Waals surface area contributed by atoms with E-state index in [4.69, 9.17) is 4.74 Å². The van der Waals surface area contributed by atoms with Gasteiger partial charge in [0.1, 0.15) is 5.75 Å². The average Bonchev–Trinajstić information content (AvgIpc) is 3.24. The third kappa shape index (κ3) is 6.30. The number of thiazole rings is 1. The van der Waals surface area contributed by atoms with Crippen LogP contribution in [0.15, 0.2) is 65.0 Å². The fourth-order valence-electron chi connectivity index (χ4n) is 2.63. The predicted octanol–water partition coefficient (Wildman–Crippen LogP) is 4.30. The van der Waals surface area contributed by atoms with Crippen molar-refractivity contribution in [3.8, 4) is 5.75 Å². The van der Waals surface area contributed by atoms with Crippen LogP contribution in [0, 0.1) is 0 Å². The topological polar surface area (TPSA) is 97.4 Å². The maximum Gasteiger partial charge on any atom is 0.263 e. The summed E-state index contributed by atoms with van der Waals surface area (Å²) in [5, 5.41) is 4.75. The smallest absolute Gasteiger partial charge is 0.263 e. The Kier molecular flexibility index (Phi) is 7.42. The summed E-state index contributed by atoms with van der Waals surface area (Å²) < 4.78 is 32.7. The zero-order chi connectivity index (χ0) is 21.4. The average molecular weight is 446 g/mol. The Balaban J connectivity index is 1.43. The number of anilines is 2. The summed E-state index contributed by atoms with van der Waals surface area (Å²) in [6.45, 7) is 2.54. The van der Waals surface area contributed by atoms with Crippen LogP contribution in [0.5, 0.6) is 5.75 Å². The number of carbonyl (C=O) groups is 1. The lowest BCUT2D eigenvalue weighted by molar-refractivity contribution is -0.116. The summed E-state index contributed by atoms with van der Waals surface area (Å²) >= 11 is 1.20. The number of benzene rings is 2. The number of ether oxygens (including phenoxy) is 1. The molecule has 0 fully saturated rings. The van der Waals surface area contributed by atoms with E-state index in [1.807, 2.05) is 24.3 Å². The molecule has 0 aliphatic carbocycles. The highest BCUT2D eigenvalue weighted by Gasteiger charge is 2.15. The number of aryl methyl sites for hydroxylation is 1. The molecule has 0 bridgehead atoms. The molecule has 3 aromatic rings. The minimum atomic E-state index is -3.71. The molecule has 158 valence electrons. The van der Waals surface area contributed by atoms with Crippen molar-refractivity contribution in [3.63, 3.8) is 0 Å². The molecule has 30 heavy (non-hydrogen) atoms. The van der Waals surface area contributed by atoms with Crippen LogP contribution < -0.4 is 14.8 Å². The van der Waals surface area contributed by atoms with Gasteiger partial charge in [0.05, 0.1) is 11.5 Å². The van der Waals surface area contributed by atoms with Gasteiger partial charge in [0, 0.05) is 23.7 Å². The van der Waals surface area contributed by atoms with Gasteiger partial charge in [0.15, 0.2) is 5.13 Å². The molecular weight excluding hydrogens is 422 g/mol. The predicted molar refractivity (Wildman–Crippen MR) is 119 cm³/mol. The molecule has 3 rings (SSSR count). The molecule has 0 radical (unpaired) electrons. The monoisotopic (exact) mass is 445 g/mol. The van der Waals surface area contributed by atoms with Gasteiger partial charge in [-0.15, -0.1) is 11.3 Å². The molecule has 0 saturated carbocycles. The van der Waals surface area contributed by atoms with E-state index in [0.717, 1.165) is 12.2 Å². The van der Waals surface area contributed by atoms with Crippen molar-refractivity contribution in [1.82, 2.24) is 4.98 Å². The van der Waals surface area contributed by atoms with Gasteiger partial charge in [-0.2, -0.15) is 0 Å². The number of hydrogen-bond donors (Lipinski definition) is 2. The number of sulfonamides is 1. The second kappa shape index (κ2) is 10.2. The number of rotatable bonds is 10. The van der Waals surface area contributed by atoms with Gasteiger partial charge in [0.25, 0.3) is 10.0 Å². The summed E-state index contributed by atoms with van der Waals surface area (Å²) in [7, 11) is -3.71. The lowest BCUT2D eigenvalue weighted by Crippen LogP contribution is -2.14. The fraction of sp³-hybridized carbons (Fsp3) is 0.238. The van der Waals surface area contributed by atoms with Crippen molar-refractivity contribution in [1.29, 1.82) is 0 Å². The summed E-state index contributed by atoms with van der Waals surface area (Å²) in [4.78, 5) is 16.1. The molecule has 7 nitrogen and oxygen atoms in total. The molecule has 2 N–H and O–H groups in total.